The zero-order valence-electron chi connectivity index (χ0n) is 17.7. The molecule has 1 N–H and O–H groups in total. The van der Waals surface area contributed by atoms with Crippen molar-refractivity contribution in [2.24, 2.45) is 0 Å². The molecule has 158 valence electrons. The molecule has 30 heavy (non-hydrogen) atoms. The number of aromatic nitrogens is 2. The number of rotatable bonds is 6. The third kappa shape index (κ3) is 4.43. The Balaban J connectivity index is 1.89. The molecular weight excluding hydrogens is 402 g/mol. The monoisotopic (exact) mass is 427 g/mol. The van der Waals surface area contributed by atoms with Crippen LogP contribution in [0.5, 0.6) is 0 Å². The highest BCUT2D eigenvalue weighted by Gasteiger charge is 2.21. The lowest BCUT2D eigenvalue weighted by molar-refractivity contribution is -0.142. The van der Waals surface area contributed by atoms with Gasteiger partial charge in [-0.1, -0.05) is 11.6 Å². The van der Waals surface area contributed by atoms with Gasteiger partial charge in [-0.25, -0.2) is 4.98 Å². The second-order valence-electron chi connectivity index (χ2n) is 7.30. The predicted molar refractivity (Wildman–Crippen MR) is 118 cm³/mol. The summed E-state index contributed by atoms with van der Waals surface area (Å²) in [7, 11) is 0. The molecule has 2 heterocycles. The smallest absolute Gasteiger partial charge is 0.311 e. The van der Waals surface area contributed by atoms with E-state index in [1.807, 2.05) is 32.9 Å². The van der Waals surface area contributed by atoms with E-state index in [0.717, 1.165) is 27.6 Å². The Morgan fingerprint density at radius 3 is 2.63 bits per heavy atom. The molecule has 0 saturated carbocycles. The number of esters is 1. The molecule has 1 unspecified atom stereocenters. The maximum absolute atomic E-state index is 12.9. The van der Waals surface area contributed by atoms with E-state index in [2.05, 4.69) is 10.3 Å². The third-order valence-corrected chi connectivity index (χ3v) is 5.67. The molecule has 0 aliphatic heterocycles. The number of carbonyl (C=O) groups is 2. The lowest BCUT2D eigenvalue weighted by Gasteiger charge is -2.20. The van der Waals surface area contributed by atoms with Gasteiger partial charge >= 0.3 is 5.97 Å². The van der Waals surface area contributed by atoms with Crippen LogP contribution >= 0.6 is 11.3 Å². The number of ether oxygens (including phenoxy) is 1. The molecule has 1 amide bonds. The SMILES string of the molecule is CCOC(=O)Cc1csc(NC(=O)C(C)n2c(=O)cc(C)c3cc(C)cc(C)c32)n1. The normalized spacial score (nSPS) is 12.0. The number of aryl methyl sites for hydroxylation is 3. The average molecular weight is 428 g/mol. The fourth-order valence-electron chi connectivity index (χ4n) is 3.54. The number of carbonyl (C=O) groups excluding carboxylic acids is 2. The minimum Gasteiger partial charge on any atom is -0.466 e. The number of hydrogen-bond donors (Lipinski definition) is 1. The number of pyridine rings is 1. The van der Waals surface area contributed by atoms with Gasteiger partial charge in [-0.15, -0.1) is 11.3 Å². The molecule has 1 atom stereocenters. The van der Waals surface area contributed by atoms with Crippen molar-refractivity contribution in [2.45, 2.75) is 47.1 Å². The maximum atomic E-state index is 12.9. The summed E-state index contributed by atoms with van der Waals surface area (Å²) in [6.45, 7) is 9.59. The van der Waals surface area contributed by atoms with Gasteiger partial charge in [0.2, 0.25) is 5.91 Å². The van der Waals surface area contributed by atoms with Crippen LogP contribution in [0.4, 0.5) is 5.13 Å². The van der Waals surface area contributed by atoms with Gasteiger partial charge in [-0.05, 0) is 51.8 Å². The molecule has 1 aromatic carbocycles. The number of fused-ring (bicyclic) bond motifs is 1. The second kappa shape index (κ2) is 8.79. The first-order valence-corrected chi connectivity index (χ1v) is 10.6. The van der Waals surface area contributed by atoms with E-state index in [4.69, 9.17) is 4.74 Å². The van der Waals surface area contributed by atoms with Gasteiger partial charge in [-0.2, -0.15) is 0 Å². The highest BCUT2D eigenvalue weighted by atomic mass is 32.1. The Morgan fingerprint density at radius 2 is 1.93 bits per heavy atom. The van der Waals surface area contributed by atoms with E-state index in [9.17, 15) is 14.4 Å². The van der Waals surface area contributed by atoms with Crippen molar-refractivity contribution in [3.8, 4) is 0 Å². The quantitative estimate of drug-likeness (QED) is 0.606. The van der Waals surface area contributed by atoms with Gasteiger partial charge in [0.05, 0.1) is 24.2 Å². The second-order valence-corrected chi connectivity index (χ2v) is 8.16. The summed E-state index contributed by atoms with van der Waals surface area (Å²) in [6.07, 6.45) is 0.0520. The largest absolute Gasteiger partial charge is 0.466 e. The van der Waals surface area contributed by atoms with Crippen molar-refractivity contribution in [2.75, 3.05) is 11.9 Å². The Kier molecular flexibility index (Phi) is 6.36. The van der Waals surface area contributed by atoms with Crippen molar-refractivity contribution in [1.82, 2.24) is 9.55 Å². The summed E-state index contributed by atoms with van der Waals surface area (Å²) in [4.78, 5) is 41.6. The minimum absolute atomic E-state index is 0.0520. The van der Waals surface area contributed by atoms with E-state index in [1.54, 1.807) is 25.3 Å². The van der Waals surface area contributed by atoms with Crippen LogP contribution in [-0.2, 0) is 20.7 Å². The van der Waals surface area contributed by atoms with Crippen LogP contribution in [-0.4, -0.2) is 28.0 Å². The summed E-state index contributed by atoms with van der Waals surface area (Å²) in [5.74, 6) is -0.711. The summed E-state index contributed by atoms with van der Waals surface area (Å²) < 4.78 is 6.44. The van der Waals surface area contributed by atoms with Crippen LogP contribution in [0.2, 0.25) is 0 Å². The lowest BCUT2D eigenvalue weighted by atomic mass is 10.0. The molecule has 0 saturated heterocycles. The molecule has 0 fully saturated rings. The van der Waals surface area contributed by atoms with Gasteiger partial charge in [0.1, 0.15) is 6.04 Å². The Bertz CT molecular complexity index is 1180. The molecule has 0 radical (unpaired) electrons. The molecule has 0 spiro atoms. The lowest BCUT2D eigenvalue weighted by Crippen LogP contribution is -2.32. The van der Waals surface area contributed by atoms with Crippen molar-refractivity contribution in [1.29, 1.82) is 0 Å². The maximum Gasteiger partial charge on any atom is 0.311 e. The molecule has 0 aliphatic carbocycles. The van der Waals surface area contributed by atoms with Crippen LogP contribution in [0.15, 0.2) is 28.4 Å². The topological polar surface area (TPSA) is 90.3 Å². The number of benzene rings is 1. The molecule has 3 rings (SSSR count). The zero-order valence-corrected chi connectivity index (χ0v) is 18.6. The Morgan fingerprint density at radius 1 is 1.20 bits per heavy atom. The number of thiazole rings is 1. The summed E-state index contributed by atoms with van der Waals surface area (Å²) in [5, 5.41) is 5.80. The summed E-state index contributed by atoms with van der Waals surface area (Å²) in [6, 6.07) is 4.86. The fourth-order valence-corrected chi connectivity index (χ4v) is 4.25. The first kappa shape index (κ1) is 21.7. The number of nitrogens with zero attached hydrogens (tertiary/aromatic N) is 2. The van der Waals surface area contributed by atoms with E-state index in [0.29, 0.717) is 17.4 Å². The summed E-state index contributed by atoms with van der Waals surface area (Å²) in [5.41, 5.74) is 3.99. The van der Waals surface area contributed by atoms with Crippen LogP contribution in [0.25, 0.3) is 10.9 Å². The average Bonchev–Trinajstić information content (AvgIpc) is 3.09. The number of nitrogens with one attached hydrogen (secondary N) is 1. The molecule has 3 aromatic rings. The van der Waals surface area contributed by atoms with E-state index >= 15 is 0 Å². The van der Waals surface area contributed by atoms with Gasteiger partial charge in [0.15, 0.2) is 5.13 Å². The van der Waals surface area contributed by atoms with E-state index < -0.39 is 6.04 Å². The number of hydrogen-bond acceptors (Lipinski definition) is 6. The molecule has 7 nitrogen and oxygen atoms in total. The summed E-state index contributed by atoms with van der Waals surface area (Å²) >= 11 is 1.23. The Labute approximate surface area is 178 Å². The predicted octanol–water partition coefficient (Wildman–Crippen LogP) is 3.69. The highest BCUT2D eigenvalue weighted by molar-refractivity contribution is 7.13. The number of amides is 1. The highest BCUT2D eigenvalue weighted by Crippen LogP contribution is 2.25. The minimum atomic E-state index is -0.737. The molecular formula is C22H25N3O4S. The van der Waals surface area contributed by atoms with Gasteiger partial charge in [-0.3, -0.25) is 19.0 Å². The molecule has 8 heteroatoms. The van der Waals surface area contributed by atoms with Gasteiger partial charge in [0, 0.05) is 16.8 Å². The van der Waals surface area contributed by atoms with Crippen molar-refractivity contribution in [3.63, 3.8) is 0 Å². The van der Waals surface area contributed by atoms with Gasteiger partial charge in [0.25, 0.3) is 5.56 Å². The third-order valence-electron chi connectivity index (χ3n) is 4.87. The van der Waals surface area contributed by atoms with Crippen LogP contribution in [0, 0.1) is 20.8 Å². The fraction of sp³-hybridized carbons (Fsp3) is 0.364. The zero-order chi connectivity index (χ0) is 22.0. The van der Waals surface area contributed by atoms with Crippen molar-refractivity contribution < 1.29 is 14.3 Å². The van der Waals surface area contributed by atoms with Crippen LogP contribution < -0.4 is 10.9 Å². The van der Waals surface area contributed by atoms with E-state index in [1.165, 1.54) is 15.9 Å². The Hall–Kier alpha value is -3.00. The van der Waals surface area contributed by atoms with E-state index in [-0.39, 0.29) is 23.9 Å². The first-order chi connectivity index (χ1) is 14.2. The van der Waals surface area contributed by atoms with Crippen molar-refractivity contribution in [3.05, 3.63) is 56.3 Å². The van der Waals surface area contributed by atoms with Gasteiger partial charge < -0.3 is 10.1 Å². The molecule has 0 bridgehead atoms. The standard InChI is InChI=1S/C22H25N3O4S/c1-6-29-19(27)10-16-11-30-22(23-16)24-21(28)15(5)25-18(26)9-13(3)17-8-12(2)7-14(4)20(17)25/h7-9,11,15H,6,10H2,1-5H3,(H,23,24,28). The van der Waals surface area contributed by atoms with Crippen molar-refractivity contribution >= 4 is 39.2 Å². The molecule has 0 aliphatic rings. The van der Waals surface area contributed by atoms with Crippen LogP contribution in [0.3, 0.4) is 0 Å². The number of anilines is 1. The first-order valence-electron chi connectivity index (χ1n) is 9.75. The molecule has 2 aromatic heterocycles. The van der Waals surface area contributed by atoms with Crippen LogP contribution in [0.1, 0.15) is 42.3 Å².